The molecule has 7 heteroatoms. The lowest BCUT2D eigenvalue weighted by Gasteiger charge is -2.23. The first kappa shape index (κ1) is 18.7. The van der Waals surface area contributed by atoms with Crippen LogP contribution in [0.5, 0.6) is 0 Å². The molecule has 3 atom stereocenters. The van der Waals surface area contributed by atoms with E-state index >= 15 is 0 Å². The molecule has 1 aromatic carbocycles. The zero-order valence-corrected chi connectivity index (χ0v) is 13.7. The van der Waals surface area contributed by atoms with Crippen molar-refractivity contribution in [2.45, 2.75) is 38.5 Å². The Labute approximate surface area is 133 Å². The van der Waals surface area contributed by atoms with Crippen LogP contribution in [0.25, 0.3) is 0 Å². The van der Waals surface area contributed by atoms with Crippen molar-refractivity contribution in [1.29, 1.82) is 0 Å². The lowest BCUT2D eigenvalue weighted by molar-refractivity contribution is 0.136. The van der Waals surface area contributed by atoms with Crippen molar-refractivity contribution in [3.63, 3.8) is 0 Å². The van der Waals surface area contributed by atoms with Crippen molar-refractivity contribution >= 4 is 17.8 Å². The molecule has 0 heterocycles. The Bertz CT molecular complexity index is 502. The zero-order valence-electron chi connectivity index (χ0n) is 12.9. The van der Waals surface area contributed by atoms with Gasteiger partial charge in [-0.1, -0.05) is 13.0 Å². The molecule has 0 radical (unpaired) electrons. The van der Waals surface area contributed by atoms with E-state index < -0.39 is 29.8 Å². The Morgan fingerprint density at radius 3 is 2.55 bits per heavy atom. The highest BCUT2D eigenvalue weighted by atomic mass is 32.2. The highest BCUT2D eigenvalue weighted by Crippen LogP contribution is 2.19. The summed E-state index contributed by atoms with van der Waals surface area (Å²) >= 11 is 1.63. The van der Waals surface area contributed by atoms with E-state index in [1.165, 1.54) is 6.07 Å². The molecule has 1 aromatic rings. The molecule has 0 aliphatic rings. The maximum Gasteiger partial charge on any atom is 0.315 e. The van der Waals surface area contributed by atoms with Gasteiger partial charge in [0.25, 0.3) is 0 Å². The quantitative estimate of drug-likeness (QED) is 0.719. The van der Waals surface area contributed by atoms with Gasteiger partial charge in [0, 0.05) is 11.8 Å². The highest BCUT2D eigenvalue weighted by Gasteiger charge is 2.20. The maximum atomic E-state index is 13.2. The molecular weight excluding hydrogens is 310 g/mol. The Kier molecular flexibility index (Phi) is 7.61. The second kappa shape index (κ2) is 8.95. The summed E-state index contributed by atoms with van der Waals surface area (Å²) in [6.45, 7) is 3.57. The highest BCUT2D eigenvalue weighted by molar-refractivity contribution is 7.98. The lowest BCUT2D eigenvalue weighted by atomic mass is 10.0. The van der Waals surface area contributed by atoms with Crippen molar-refractivity contribution in [3.05, 3.63) is 35.4 Å². The van der Waals surface area contributed by atoms with Crippen LogP contribution >= 0.6 is 11.8 Å². The number of nitrogens with one attached hydrogen (secondary N) is 2. The minimum absolute atomic E-state index is 0.0441. The SMILES string of the molecule is CCC(CSC)NC(=O)NC(C)C(O)c1ccc(F)c(F)c1. The topological polar surface area (TPSA) is 61.4 Å². The van der Waals surface area contributed by atoms with E-state index in [1.54, 1.807) is 18.7 Å². The first-order valence-corrected chi connectivity index (χ1v) is 8.47. The van der Waals surface area contributed by atoms with Crippen molar-refractivity contribution in [1.82, 2.24) is 10.6 Å². The molecule has 0 fully saturated rings. The molecular formula is C15H22F2N2O2S. The molecule has 0 bridgehead atoms. The van der Waals surface area contributed by atoms with E-state index in [4.69, 9.17) is 0 Å². The van der Waals surface area contributed by atoms with Crippen molar-refractivity contribution in [2.75, 3.05) is 12.0 Å². The van der Waals surface area contributed by atoms with Gasteiger partial charge in [0.2, 0.25) is 0 Å². The number of halogens is 2. The third-order valence-electron chi connectivity index (χ3n) is 3.31. The molecule has 2 amide bonds. The minimum Gasteiger partial charge on any atom is -0.386 e. The van der Waals surface area contributed by atoms with Crippen LogP contribution in [0.3, 0.4) is 0 Å². The van der Waals surface area contributed by atoms with Crippen LogP contribution in [0.1, 0.15) is 31.9 Å². The largest absolute Gasteiger partial charge is 0.386 e. The van der Waals surface area contributed by atoms with Gasteiger partial charge in [0.1, 0.15) is 0 Å². The first-order valence-electron chi connectivity index (χ1n) is 7.08. The first-order chi connectivity index (χ1) is 10.4. The van der Waals surface area contributed by atoms with E-state index in [2.05, 4.69) is 10.6 Å². The number of urea groups is 1. The average molecular weight is 332 g/mol. The normalized spacial score (nSPS) is 15.0. The predicted molar refractivity (Wildman–Crippen MR) is 84.9 cm³/mol. The number of benzene rings is 1. The summed E-state index contributed by atoms with van der Waals surface area (Å²) in [5.74, 6) is -1.21. The molecule has 0 saturated heterocycles. The third kappa shape index (κ3) is 5.46. The molecule has 0 aliphatic carbocycles. The van der Waals surface area contributed by atoms with Crippen LogP contribution in [-0.4, -0.2) is 35.2 Å². The molecule has 4 nitrogen and oxygen atoms in total. The van der Waals surface area contributed by atoms with Crippen LogP contribution in [0.2, 0.25) is 0 Å². The van der Waals surface area contributed by atoms with Crippen molar-refractivity contribution < 1.29 is 18.7 Å². The monoisotopic (exact) mass is 332 g/mol. The second-order valence-corrected chi connectivity index (χ2v) is 6.00. The van der Waals surface area contributed by atoms with Gasteiger partial charge in [-0.25, -0.2) is 13.6 Å². The predicted octanol–water partition coefficient (Wildman–Crippen LogP) is 2.83. The number of thioether (sulfide) groups is 1. The zero-order chi connectivity index (χ0) is 16.7. The van der Waals surface area contributed by atoms with E-state index in [9.17, 15) is 18.7 Å². The van der Waals surface area contributed by atoms with E-state index in [-0.39, 0.29) is 11.6 Å². The number of carbonyl (C=O) groups is 1. The van der Waals surface area contributed by atoms with Gasteiger partial charge in [0.05, 0.1) is 12.1 Å². The molecule has 1 rings (SSSR count). The third-order valence-corrected chi connectivity index (χ3v) is 4.05. The summed E-state index contributed by atoms with van der Waals surface area (Å²) < 4.78 is 26.1. The number of aliphatic hydroxyl groups excluding tert-OH is 1. The number of aliphatic hydroxyl groups is 1. The van der Waals surface area contributed by atoms with Crippen LogP contribution in [-0.2, 0) is 0 Å². The Balaban J connectivity index is 2.61. The van der Waals surface area contributed by atoms with Crippen molar-refractivity contribution in [3.8, 4) is 0 Å². The van der Waals surface area contributed by atoms with Gasteiger partial charge in [-0.05, 0) is 37.3 Å². The molecule has 0 aliphatic heterocycles. The Morgan fingerprint density at radius 1 is 1.32 bits per heavy atom. The molecule has 22 heavy (non-hydrogen) atoms. The summed E-state index contributed by atoms with van der Waals surface area (Å²) in [6.07, 6.45) is 1.63. The van der Waals surface area contributed by atoms with Gasteiger partial charge < -0.3 is 15.7 Å². The number of hydrogen-bond donors (Lipinski definition) is 3. The summed E-state index contributed by atoms with van der Waals surface area (Å²) in [5, 5.41) is 15.5. The van der Waals surface area contributed by atoms with E-state index in [0.717, 1.165) is 24.3 Å². The van der Waals surface area contributed by atoms with Gasteiger partial charge >= 0.3 is 6.03 Å². The summed E-state index contributed by atoms with van der Waals surface area (Å²) in [7, 11) is 0. The van der Waals surface area contributed by atoms with E-state index in [0.29, 0.717) is 0 Å². The molecule has 0 spiro atoms. The van der Waals surface area contributed by atoms with Crippen LogP contribution in [0.4, 0.5) is 13.6 Å². The second-order valence-electron chi connectivity index (χ2n) is 5.09. The lowest BCUT2D eigenvalue weighted by Crippen LogP contribution is -2.47. The molecule has 3 N–H and O–H groups in total. The number of carbonyl (C=O) groups excluding carboxylic acids is 1. The summed E-state index contributed by atoms with van der Waals surface area (Å²) in [4.78, 5) is 11.9. The fraction of sp³-hybridized carbons (Fsp3) is 0.533. The molecule has 124 valence electrons. The smallest absolute Gasteiger partial charge is 0.315 e. The fourth-order valence-corrected chi connectivity index (χ4v) is 2.68. The van der Waals surface area contributed by atoms with Crippen molar-refractivity contribution in [2.24, 2.45) is 0 Å². The van der Waals surface area contributed by atoms with Gasteiger partial charge in [-0.2, -0.15) is 11.8 Å². The summed E-state index contributed by atoms with van der Waals surface area (Å²) in [6, 6.07) is 2.18. The van der Waals surface area contributed by atoms with Gasteiger partial charge in [-0.15, -0.1) is 0 Å². The number of rotatable bonds is 7. The van der Waals surface area contributed by atoms with E-state index in [1.807, 2.05) is 13.2 Å². The molecule has 3 unspecified atom stereocenters. The van der Waals surface area contributed by atoms with Gasteiger partial charge in [-0.3, -0.25) is 0 Å². The van der Waals surface area contributed by atoms with Gasteiger partial charge in [0.15, 0.2) is 11.6 Å². The molecule has 0 saturated carbocycles. The minimum atomic E-state index is -1.12. The Hall–Kier alpha value is -1.34. The maximum absolute atomic E-state index is 13.2. The standard InChI is InChI=1S/C15H22F2N2O2S/c1-4-11(8-22-3)19-15(21)18-9(2)14(20)10-5-6-12(16)13(17)7-10/h5-7,9,11,14,20H,4,8H2,1-3H3,(H2,18,19,21). The number of hydrogen-bond acceptors (Lipinski definition) is 3. The van der Waals surface area contributed by atoms with Crippen LogP contribution in [0.15, 0.2) is 18.2 Å². The summed E-state index contributed by atoms with van der Waals surface area (Å²) in [5.41, 5.74) is 0.211. The Morgan fingerprint density at radius 2 is 2.00 bits per heavy atom. The average Bonchev–Trinajstić information content (AvgIpc) is 2.48. The van der Waals surface area contributed by atoms with Crippen LogP contribution in [0, 0.1) is 11.6 Å². The molecule has 0 aromatic heterocycles. The number of amides is 2. The fourth-order valence-electron chi connectivity index (χ4n) is 1.96. The van der Waals surface area contributed by atoms with Crippen LogP contribution < -0.4 is 10.6 Å².